The molecule has 1 amide bonds. The van der Waals surface area contributed by atoms with E-state index in [1.807, 2.05) is 19.1 Å². The lowest BCUT2D eigenvalue weighted by Gasteiger charge is -1.92. The fourth-order valence-electron chi connectivity index (χ4n) is 1.40. The molecule has 2 heterocycles. The number of hydrogen-bond acceptors (Lipinski definition) is 4. The molecular formula is C11H11N3OS. The van der Waals surface area contributed by atoms with Gasteiger partial charge in [-0.15, -0.1) is 11.3 Å². The predicted molar refractivity (Wildman–Crippen MR) is 63.2 cm³/mol. The van der Waals surface area contributed by atoms with Gasteiger partial charge in [0.15, 0.2) is 0 Å². The Morgan fingerprint density at radius 1 is 1.44 bits per heavy atom. The number of primary amides is 1. The Labute approximate surface area is 97.2 Å². The van der Waals surface area contributed by atoms with Crippen LogP contribution in [0.2, 0.25) is 0 Å². The van der Waals surface area contributed by atoms with E-state index in [9.17, 15) is 4.79 Å². The van der Waals surface area contributed by atoms with Gasteiger partial charge in [0.1, 0.15) is 10.7 Å². The van der Waals surface area contributed by atoms with Gasteiger partial charge < -0.3 is 5.73 Å². The van der Waals surface area contributed by atoms with Gasteiger partial charge in [0.2, 0.25) is 0 Å². The second-order valence-corrected chi connectivity index (χ2v) is 4.33. The molecule has 0 aliphatic carbocycles. The van der Waals surface area contributed by atoms with Crippen LogP contribution in [0.5, 0.6) is 0 Å². The van der Waals surface area contributed by atoms with Crippen LogP contribution in [0.25, 0.3) is 10.6 Å². The average Bonchev–Trinajstić information content (AvgIpc) is 2.74. The van der Waals surface area contributed by atoms with Crippen LogP contribution in [0, 0.1) is 0 Å². The molecule has 0 bridgehead atoms. The Kier molecular flexibility index (Phi) is 2.96. The van der Waals surface area contributed by atoms with Gasteiger partial charge in [-0.1, -0.05) is 6.92 Å². The van der Waals surface area contributed by atoms with Crippen LogP contribution in [0.4, 0.5) is 0 Å². The maximum atomic E-state index is 11.2. The average molecular weight is 233 g/mol. The zero-order chi connectivity index (χ0) is 11.5. The number of pyridine rings is 1. The maximum Gasteiger partial charge on any atom is 0.268 e. The zero-order valence-corrected chi connectivity index (χ0v) is 9.62. The van der Waals surface area contributed by atoms with Crippen molar-refractivity contribution in [3.05, 3.63) is 35.1 Å². The predicted octanol–water partition coefficient (Wildman–Crippen LogP) is 1.87. The first kappa shape index (κ1) is 10.8. The summed E-state index contributed by atoms with van der Waals surface area (Å²) >= 11 is 1.50. The Morgan fingerprint density at radius 3 is 2.62 bits per heavy atom. The third kappa shape index (κ3) is 1.94. The molecule has 0 atom stereocenters. The highest BCUT2D eigenvalue weighted by Gasteiger charge is 2.14. The second-order valence-electron chi connectivity index (χ2n) is 3.24. The molecule has 82 valence electrons. The fourth-order valence-corrected chi connectivity index (χ4v) is 2.41. The standard InChI is InChI=1S/C11H11N3OS/c1-2-8-9(10(12)15)14-11(16-8)7-3-5-13-6-4-7/h3-6H,2H2,1H3,(H2,12,15). The van der Waals surface area contributed by atoms with E-state index in [1.54, 1.807) is 12.4 Å². The summed E-state index contributed by atoms with van der Waals surface area (Å²) in [6.07, 6.45) is 4.17. The van der Waals surface area contributed by atoms with Crippen LogP contribution in [0.1, 0.15) is 22.3 Å². The molecule has 0 aliphatic rings. The molecular weight excluding hydrogens is 222 g/mol. The quantitative estimate of drug-likeness (QED) is 0.879. The molecule has 0 unspecified atom stereocenters. The molecule has 0 aliphatic heterocycles. The molecule has 0 fully saturated rings. The molecule has 5 heteroatoms. The van der Waals surface area contributed by atoms with Crippen LogP contribution >= 0.6 is 11.3 Å². The zero-order valence-electron chi connectivity index (χ0n) is 8.80. The number of carbonyl (C=O) groups is 1. The lowest BCUT2D eigenvalue weighted by atomic mass is 10.3. The minimum Gasteiger partial charge on any atom is -0.364 e. The molecule has 0 aromatic carbocycles. The van der Waals surface area contributed by atoms with Crippen LogP contribution < -0.4 is 5.73 Å². The monoisotopic (exact) mass is 233 g/mol. The van der Waals surface area contributed by atoms with Crippen LogP contribution in [-0.4, -0.2) is 15.9 Å². The summed E-state index contributed by atoms with van der Waals surface area (Å²) in [6.45, 7) is 1.98. The Morgan fingerprint density at radius 2 is 2.12 bits per heavy atom. The lowest BCUT2D eigenvalue weighted by Crippen LogP contribution is -2.13. The molecule has 0 spiro atoms. The van der Waals surface area contributed by atoms with Crippen molar-refractivity contribution in [2.45, 2.75) is 13.3 Å². The maximum absolute atomic E-state index is 11.2. The van der Waals surface area contributed by atoms with Crippen LogP contribution in [0.3, 0.4) is 0 Å². The Balaban J connectivity index is 2.48. The number of aryl methyl sites for hydroxylation is 1. The molecule has 0 saturated heterocycles. The summed E-state index contributed by atoms with van der Waals surface area (Å²) in [6, 6.07) is 3.73. The molecule has 0 saturated carbocycles. The SMILES string of the molecule is CCc1sc(-c2ccncc2)nc1C(N)=O. The number of nitrogens with zero attached hydrogens (tertiary/aromatic N) is 2. The van der Waals surface area contributed by atoms with Crippen LogP contribution in [-0.2, 0) is 6.42 Å². The van der Waals surface area contributed by atoms with E-state index < -0.39 is 5.91 Å². The first-order chi connectivity index (χ1) is 7.72. The Bertz CT molecular complexity index is 507. The molecule has 2 rings (SSSR count). The molecule has 2 aromatic heterocycles. The Hall–Kier alpha value is -1.75. The van der Waals surface area contributed by atoms with E-state index >= 15 is 0 Å². The van der Waals surface area contributed by atoms with Gasteiger partial charge in [-0.2, -0.15) is 0 Å². The number of hydrogen-bond donors (Lipinski definition) is 1. The van der Waals surface area contributed by atoms with E-state index in [0.29, 0.717) is 5.69 Å². The van der Waals surface area contributed by atoms with Gasteiger partial charge in [-0.05, 0) is 18.6 Å². The molecule has 4 nitrogen and oxygen atoms in total. The van der Waals surface area contributed by atoms with E-state index in [-0.39, 0.29) is 0 Å². The van der Waals surface area contributed by atoms with Crippen molar-refractivity contribution in [2.24, 2.45) is 5.73 Å². The van der Waals surface area contributed by atoms with Gasteiger partial charge in [0.25, 0.3) is 5.91 Å². The van der Waals surface area contributed by atoms with Crippen molar-refractivity contribution in [3.8, 4) is 10.6 Å². The summed E-state index contributed by atoms with van der Waals surface area (Å²) in [5.41, 5.74) is 6.62. The van der Waals surface area contributed by atoms with Crippen molar-refractivity contribution in [3.63, 3.8) is 0 Å². The minimum absolute atomic E-state index is 0.388. The van der Waals surface area contributed by atoms with E-state index in [2.05, 4.69) is 9.97 Å². The first-order valence-corrected chi connectivity index (χ1v) is 5.74. The third-order valence-corrected chi connectivity index (χ3v) is 3.43. The highest BCUT2D eigenvalue weighted by Crippen LogP contribution is 2.27. The lowest BCUT2D eigenvalue weighted by molar-refractivity contribution is 0.0995. The van der Waals surface area contributed by atoms with Gasteiger partial charge in [-0.25, -0.2) is 4.98 Å². The smallest absolute Gasteiger partial charge is 0.268 e. The summed E-state index contributed by atoms with van der Waals surface area (Å²) < 4.78 is 0. The number of nitrogens with two attached hydrogens (primary N) is 1. The number of aromatic nitrogens is 2. The van der Waals surface area contributed by atoms with E-state index in [4.69, 9.17) is 5.73 Å². The summed E-state index contributed by atoms with van der Waals surface area (Å²) in [4.78, 5) is 20.3. The summed E-state index contributed by atoms with van der Waals surface area (Å²) in [7, 11) is 0. The molecule has 0 radical (unpaired) electrons. The van der Waals surface area contributed by atoms with Crippen molar-refractivity contribution < 1.29 is 4.79 Å². The van der Waals surface area contributed by atoms with Crippen molar-refractivity contribution in [1.29, 1.82) is 0 Å². The number of amides is 1. The van der Waals surface area contributed by atoms with E-state index in [1.165, 1.54) is 11.3 Å². The van der Waals surface area contributed by atoms with Crippen molar-refractivity contribution in [1.82, 2.24) is 9.97 Å². The van der Waals surface area contributed by atoms with Gasteiger partial charge in [-0.3, -0.25) is 9.78 Å². The number of carbonyl (C=O) groups excluding carboxylic acids is 1. The third-order valence-electron chi connectivity index (χ3n) is 2.18. The fraction of sp³-hybridized carbons (Fsp3) is 0.182. The van der Waals surface area contributed by atoms with Gasteiger partial charge in [0, 0.05) is 22.8 Å². The minimum atomic E-state index is -0.464. The largest absolute Gasteiger partial charge is 0.364 e. The first-order valence-electron chi connectivity index (χ1n) is 4.92. The topological polar surface area (TPSA) is 68.9 Å². The highest BCUT2D eigenvalue weighted by atomic mass is 32.1. The van der Waals surface area contributed by atoms with E-state index in [0.717, 1.165) is 21.9 Å². The molecule has 2 N–H and O–H groups in total. The normalized spacial score (nSPS) is 10.3. The molecule has 16 heavy (non-hydrogen) atoms. The second kappa shape index (κ2) is 4.40. The van der Waals surface area contributed by atoms with Crippen molar-refractivity contribution >= 4 is 17.2 Å². The summed E-state index contributed by atoms with van der Waals surface area (Å²) in [5.74, 6) is -0.464. The number of thiazole rings is 1. The van der Waals surface area contributed by atoms with Gasteiger partial charge in [0.05, 0.1) is 0 Å². The highest BCUT2D eigenvalue weighted by molar-refractivity contribution is 7.15. The number of rotatable bonds is 3. The van der Waals surface area contributed by atoms with Crippen LogP contribution in [0.15, 0.2) is 24.5 Å². The molecule has 2 aromatic rings. The van der Waals surface area contributed by atoms with Gasteiger partial charge >= 0.3 is 0 Å². The van der Waals surface area contributed by atoms with Crippen molar-refractivity contribution in [2.75, 3.05) is 0 Å². The summed E-state index contributed by atoms with van der Waals surface area (Å²) in [5, 5.41) is 0.813.